The van der Waals surface area contributed by atoms with Crippen molar-refractivity contribution in [3.63, 3.8) is 0 Å². The number of hydrogen-bond donors (Lipinski definition) is 1. The number of piperazine rings is 1. The van der Waals surface area contributed by atoms with Crippen LogP contribution in [-0.2, 0) is 13.6 Å². The van der Waals surface area contributed by atoms with E-state index in [0.717, 1.165) is 26.2 Å². The number of aromatic nitrogens is 2. The van der Waals surface area contributed by atoms with E-state index in [0.29, 0.717) is 6.04 Å². The van der Waals surface area contributed by atoms with Crippen LogP contribution in [0.25, 0.3) is 10.4 Å². The molecule has 0 aliphatic carbocycles. The highest BCUT2D eigenvalue weighted by Gasteiger charge is 2.16. The summed E-state index contributed by atoms with van der Waals surface area (Å²) in [6.45, 7) is 6.70. The van der Waals surface area contributed by atoms with Gasteiger partial charge in [-0.3, -0.25) is 9.58 Å². The molecule has 3 heterocycles. The lowest BCUT2D eigenvalue weighted by atomic mass is 10.2. The summed E-state index contributed by atoms with van der Waals surface area (Å²) in [5, 5.41) is 7.71. The zero-order valence-electron chi connectivity index (χ0n) is 11.9. The maximum absolute atomic E-state index is 4.23. The SMILES string of the molecule is CC1CN(Cc2ccc(-c3cnn(C)c3)s2)CCN1.Cl. The number of thiophene rings is 1. The van der Waals surface area contributed by atoms with E-state index in [2.05, 4.69) is 40.6 Å². The van der Waals surface area contributed by atoms with Gasteiger partial charge in [0.05, 0.1) is 6.20 Å². The van der Waals surface area contributed by atoms with Crippen LogP contribution in [0.2, 0.25) is 0 Å². The van der Waals surface area contributed by atoms with E-state index in [-0.39, 0.29) is 12.4 Å². The molecule has 1 atom stereocenters. The van der Waals surface area contributed by atoms with Gasteiger partial charge in [0.25, 0.3) is 0 Å². The Morgan fingerprint density at radius 2 is 2.30 bits per heavy atom. The topological polar surface area (TPSA) is 33.1 Å². The van der Waals surface area contributed by atoms with E-state index in [4.69, 9.17) is 0 Å². The average molecular weight is 313 g/mol. The summed E-state index contributed by atoms with van der Waals surface area (Å²) in [6, 6.07) is 5.06. The molecule has 0 aromatic carbocycles. The van der Waals surface area contributed by atoms with Crippen LogP contribution in [0, 0.1) is 0 Å². The summed E-state index contributed by atoms with van der Waals surface area (Å²) in [4.78, 5) is 5.28. The van der Waals surface area contributed by atoms with Gasteiger partial charge in [0, 0.05) is 60.8 Å². The highest BCUT2D eigenvalue weighted by molar-refractivity contribution is 7.15. The van der Waals surface area contributed by atoms with E-state index in [1.54, 1.807) is 0 Å². The molecule has 1 aliphatic heterocycles. The van der Waals surface area contributed by atoms with Crippen molar-refractivity contribution < 1.29 is 0 Å². The minimum absolute atomic E-state index is 0. The van der Waals surface area contributed by atoms with Crippen molar-refractivity contribution in [3.05, 3.63) is 29.4 Å². The molecule has 0 radical (unpaired) electrons. The van der Waals surface area contributed by atoms with E-state index in [9.17, 15) is 0 Å². The van der Waals surface area contributed by atoms with Gasteiger partial charge in [0.1, 0.15) is 0 Å². The van der Waals surface area contributed by atoms with Crippen LogP contribution < -0.4 is 5.32 Å². The Balaban J connectivity index is 0.00000147. The molecule has 1 saturated heterocycles. The van der Waals surface area contributed by atoms with E-state index in [1.165, 1.54) is 15.3 Å². The fraction of sp³-hybridized carbons (Fsp3) is 0.500. The molecule has 110 valence electrons. The molecule has 0 amide bonds. The maximum Gasteiger partial charge on any atom is 0.0576 e. The molecule has 3 rings (SSSR count). The van der Waals surface area contributed by atoms with Crippen LogP contribution in [0.5, 0.6) is 0 Å². The van der Waals surface area contributed by atoms with Gasteiger partial charge < -0.3 is 5.32 Å². The lowest BCUT2D eigenvalue weighted by Crippen LogP contribution is -2.48. The second kappa shape index (κ2) is 6.72. The normalized spacial score (nSPS) is 19.8. The van der Waals surface area contributed by atoms with Crippen molar-refractivity contribution in [2.45, 2.75) is 19.5 Å². The second-order valence-corrected chi connectivity index (χ2v) is 6.43. The zero-order valence-corrected chi connectivity index (χ0v) is 13.5. The lowest BCUT2D eigenvalue weighted by Gasteiger charge is -2.31. The first-order chi connectivity index (χ1) is 9.20. The van der Waals surface area contributed by atoms with Crippen molar-refractivity contribution in [2.24, 2.45) is 7.05 Å². The van der Waals surface area contributed by atoms with Crippen LogP contribution >= 0.6 is 23.7 Å². The molecule has 4 nitrogen and oxygen atoms in total. The number of nitrogens with zero attached hydrogens (tertiary/aromatic N) is 3. The van der Waals surface area contributed by atoms with Crippen LogP contribution in [0.15, 0.2) is 24.5 Å². The molecule has 0 saturated carbocycles. The van der Waals surface area contributed by atoms with Gasteiger partial charge in [-0.15, -0.1) is 23.7 Å². The zero-order chi connectivity index (χ0) is 13.2. The molecule has 0 spiro atoms. The van der Waals surface area contributed by atoms with Gasteiger partial charge in [0.15, 0.2) is 0 Å². The predicted octanol–water partition coefficient (Wildman–Crippen LogP) is 2.36. The van der Waals surface area contributed by atoms with Crippen molar-refractivity contribution in [3.8, 4) is 10.4 Å². The number of hydrogen-bond acceptors (Lipinski definition) is 4. The Morgan fingerprint density at radius 1 is 1.45 bits per heavy atom. The van der Waals surface area contributed by atoms with Crippen molar-refractivity contribution >= 4 is 23.7 Å². The van der Waals surface area contributed by atoms with Gasteiger partial charge >= 0.3 is 0 Å². The van der Waals surface area contributed by atoms with E-state index < -0.39 is 0 Å². The molecular formula is C14H21ClN4S. The number of halogens is 1. The van der Waals surface area contributed by atoms with E-state index in [1.807, 2.05) is 29.3 Å². The molecule has 1 aliphatic rings. The van der Waals surface area contributed by atoms with Gasteiger partial charge in [0.2, 0.25) is 0 Å². The molecule has 2 aromatic rings. The first kappa shape index (κ1) is 15.5. The highest BCUT2D eigenvalue weighted by atomic mass is 35.5. The molecule has 2 aromatic heterocycles. The standard InChI is InChI=1S/C14H20N4S.ClH/c1-11-8-18(6-5-15-11)10-13-3-4-14(19-13)12-7-16-17(2)9-12;/h3-4,7,9,11,15H,5-6,8,10H2,1-2H3;1H. The minimum atomic E-state index is 0. The summed E-state index contributed by atoms with van der Waals surface area (Å²) in [7, 11) is 1.96. The Bertz CT molecular complexity index is 551. The van der Waals surface area contributed by atoms with Gasteiger partial charge in [-0.2, -0.15) is 5.10 Å². The number of nitrogens with one attached hydrogen (secondary N) is 1. The fourth-order valence-electron chi connectivity index (χ4n) is 2.54. The van der Waals surface area contributed by atoms with Gasteiger partial charge in [-0.1, -0.05) is 0 Å². The molecule has 1 N–H and O–H groups in total. The van der Waals surface area contributed by atoms with Crippen LogP contribution in [-0.4, -0.2) is 40.4 Å². The maximum atomic E-state index is 4.23. The number of rotatable bonds is 3. The summed E-state index contributed by atoms with van der Waals surface area (Å²) in [5.41, 5.74) is 1.22. The molecule has 1 unspecified atom stereocenters. The minimum Gasteiger partial charge on any atom is -0.312 e. The largest absolute Gasteiger partial charge is 0.312 e. The molecule has 6 heteroatoms. The van der Waals surface area contributed by atoms with Gasteiger partial charge in [-0.05, 0) is 19.1 Å². The Labute approximate surface area is 130 Å². The van der Waals surface area contributed by atoms with E-state index >= 15 is 0 Å². The molecular weight excluding hydrogens is 292 g/mol. The van der Waals surface area contributed by atoms with Crippen molar-refractivity contribution in [1.82, 2.24) is 20.0 Å². The molecule has 1 fully saturated rings. The summed E-state index contributed by atoms with van der Waals surface area (Å²) in [5.74, 6) is 0. The van der Waals surface area contributed by atoms with Crippen LogP contribution in [0.4, 0.5) is 0 Å². The number of aryl methyl sites for hydroxylation is 1. The summed E-state index contributed by atoms with van der Waals surface area (Å²) >= 11 is 1.88. The third-order valence-corrected chi connectivity index (χ3v) is 4.60. The summed E-state index contributed by atoms with van der Waals surface area (Å²) in [6.07, 6.45) is 4.00. The average Bonchev–Trinajstić information content (AvgIpc) is 2.98. The molecule has 20 heavy (non-hydrogen) atoms. The predicted molar refractivity (Wildman–Crippen MR) is 86.5 cm³/mol. The third-order valence-electron chi connectivity index (χ3n) is 3.48. The smallest absolute Gasteiger partial charge is 0.0576 e. The Hall–Kier alpha value is -0.880. The van der Waals surface area contributed by atoms with Gasteiger partial charge in [-0.25, -0.2) is 0 Å². The summed E-state index contributed by atoms with van der Waals surface area (Å²) < 4.78 is 1.85. The van der Waals surface area contributed by atoms with Crippen LogP contribution in [0.1, 0.15) is 11.8 Å². The Kier molecular flexibility index (Phi) is 5.21. The quantitative estimate of drug-likeness (QED) is 0.944. The van der Waals surface area contributed by atoms with Crippen LogP contribution in [0.3, 0.4) is 0 Å². The van der Waals surface area contributed by atoms with Crippen molar-refractivity contribution in [1.29, 1.82) is 0 Å². The monoisotopic (exact) mass is 312 g/mol. The molecule has 0 bridgehead atoms. The first-order valence-electron chi connectivity index (χ1n) is 6.74. The highest BCUT2D eigenvalue weighted by Crippen LogP contribution is 2.28. The fourth-order valence-corrected chi connectivity index (χ4v) is 3.57. The first-order valence-corrected chi connectivity index (χ1v) is 7.56. The van der Waals surface area contributed by atoms with Crippen molar-refractivity contribution in [2.75, 3.05) is 19.6 Å². The third kappa shape index (κ3) is 3.61. The lowest BCUT2D eigenvalue weighted by molar-refractivity contribution is 0.201. The second-order valence-electron chi connectivity index (χ2n) is 5.26. The Morgan fingerprint density at radius 3 is 3.00 bits per heavy atom.